The normalized spacial score (nSPS) is 40.8. The van der Waals surface area contributed by atoms with Crippen molar-refractivity contribution >= 4 is 0 Å². The first kappa shape index (κ1) is 11.1. The zero-order chi connectivity index (χ0) is 10.3. The summed E-state index contributed by atoms with van der Waals surface area (Å²) in [5.74, 6) is 1.75. The lowest BCUT2D eigenvalue weighted by molar-refractivity contribution is 0.213. The maximum Gasteiger partial charge on any atom is -0.0238 e. The van der Waals surface area contributed by atoms with Gasteiger partial charge in [-0.3, -0.25) is 0 Å². The van der Waals surface area contributed by atoms with Crippen LogP contribution in [0.2, 0.25) is 0 Å². The maximum atomic E-state index is 2.49. The van der Waals surface area contributed by atoms with Crippen LogP contribution in [-0.4, -0.2) is 0 Å². The first-order chi connectivity index (χ1) is 5.88. The van der Waals surface area contributed by atoms with Gasteiger partial charge in [0.05, 0.1) is 0 Å². The molecule has 0 bridgehead atoms. The van der Waals surface area contributed by atoms with Gasteiger partial charge in [0.15, 0.2) is 0 Å². The topological polar surface area (TPSA) is 0 Å². The molecule has 78 valence electrons. The third-order valence-electron chi connectivity index (χ3n) is 5.00. The van der Waals surface area contributed by atoms with Gasteiger partial charge in [-0.25, -0.2) is 0 Å². The highest BCUT2D eigenvalue weighted by molar-refractivity contribution is 5.12. The summed E-state index contributed by atoms with van der Waals surface area (Å²) >= 11 is 0. The van der Waals surface area contributed by atoms with E-state index in [1.54, 1.807) is 0 Å². The lowest BCUT2D eigenvalue weighted by Gasteiger charge is -2.27. The first-order valence-corrected chi connectivity index (χ1v) is 5.88. The summed E-state index contributed by atoms with van der Waals surface area (Å²) < 4.78 is 0. The molecule has 3 unspecified atom stereocenters. The fourth-order valence-corrected chi connectivity index (χ4v) is 3.07. The molecule has 1 saturated carbocycles. The molecule has 0 aliphatic heterocycles. The molecule has 0 aromatic carbocycles. The lowest BCUT2D eigenvalue weighted by Crippen LogP contribution is -2.20. The number of rotatable bonds is 4. The van der Waals surface area contributed by atoms with Crippen molar-refractivity contribution in [2.45, 2.75) is 60.8 Å². The van der Waals surface area contributed by atoms with Gasteiger partial charge in [0.25, 0.3) is 0 Å². The third-order valence-corrected chi connectivity index (χ3v) is 5.00. The molecule has 1 aliphatic rings. The number of hydrogen-bond donors (Lipinski definition) is 0. The van der Waals surface area contributed by atoms with Crippen molar-refractivity contribution in [3.63, 3.8) is 0 Å². The third kappa shape index (κ3) is 1.53. The van der Waals surface area contributed by atoms with E-state index < -0.39 is 0 Å². The van der Waals surface area contributed by atoms with Gasteiger partial charge in [0.2, 0.25) is 0 Å². The molecule has 1 fully saturated rings. The van der Waals surface area contributed by atoms with Crippen LogP contribution < -0.4 is 0 Å². The fourth-order valence-electron chi connectivity index (χ4n) is 3.07. The van der Waals surface area contributed by atoms with Gasteiger partial charge in [-0.2, -0.15) is 0 Å². The Hall–Kier alpha value is 0. The van der Waals surface area contributed by atoms with E-state index in [1.807, 2.05) is 0 Å². The largest absolute Gasteiger partial charge is 0.0654 e. The minimum absolute atomic E-state index is 0.627. The van der Waals surface area contributed by atoms with Crippen molar-refractivity contribution in [2.24, 2.45) is 22.7 Å². The summed E-state index contributed by atoms with van der Waals surface area (Å²) in [7, 11) is 0. The molecule has 0 heterocycles. The van der Waals surface area contributed by atoms with Crippen LogP contribution in [0.3, 0.4) is 0 Å². The Bertz CT molecular complexity index is 182. The molecule has 0 radical (unpaired) electrons. The van der Waals surface area contributed by atoms with Crippen LogP contribution in [0.4, 0.5) is 0 Å². The van der Waals surface area contributed by atoms with Crippen molar-refractivity contribution in [3.05, 3.63) is 0 Å². The van der Waals surface area contributed by atoms with E-state index in [2.05, 4.69) is 41.5 Å². The molecule has 1 rings (SSSR count). The van der Waals surface area contributed by atoms with Gasteiger partial charge in [-0.1, -0.05) is 54.4 Å². The van der Waals surface area contributed by atoms with E-state index in [0.717, 1.165) is 11.8 Å². The van der Waals surface area contributed by atoms with E-state index in [9.17, 15) is 0 Å². The minimum atomic E-state index is 0.627. The Balaban J connectivity index is 2.62. The highest BCUT2D eigenvalue weighted by Crippen LogP contribution is 2.71. The van der Waals surface area contributed by atoms with Crippen LogP contribution in [0, 0.1) is 22.7 Å². The Labute approximate surface area is 84.1 Å². The maximum absolute atomic E-state index is 2.49. The van der Waals surface area contributed by atoms with Gasteiger partial charge in [-0.15, -0.1) is 0 Å². The van der Waals surface area contributed by atoms with Gasteiger partial charge in [0.1, 0.15) is 0 Å². The molecule has 0 aromatic rings. The summed E-state index contributed by atoms with van der Waals surface area (Å²) in [6, 6.07) is 0. The molecule has 0 amide bonds. The molecule has 0 N–H and O–H groups in total. The highest BCUT2D eigenvalue weighted by Gasteiger charge is 2.63. The second kappa shape index (κ2) is 3.29. The molecular weight excluding hydrogens is 156 g/mol. The van der Waals surface area contributed by atoms with E-state index in [0.29, 0.717) is 10.8 Å². The molecule has 0 saturated heterocycles. The van der Waals surface area contributed by atoms with Crippen molar-refractivity contribution in [3.8, 4) is 0 Å². The van der Waals surface area contributed by atoms with Crippen molar-refractivity contribution in [1.29, 1.82) is 0 Å². The van der Waals surface area contributed by atoms with Crippen molar-refractivity contribution in [2.75, 3.05) is 0 Å². The second-order valence-corrected chi connectivity index (χ2v) is 5.86. The van der Waals surface area contributed by atoms with Crippen LogP contribution in [0.15, 0.2) is 0 Å². The zero-order valence-electron chi connectivity index (χ0n) is 10.3. The Kier molecular flexibility index (Phi) is 2.81. The Morgan fingerprint density at radius 3 is 1.92 bits per heavy atom. The summed E-state index contributed by atoms with van der Waals surface area (Å²) in [5.41, 5.74) is 1.26. The predicted molar refractivity (Wildman–Crippen MR) is 59.7 cm³/mol. The molecule has 3 atom stereocenters. The fraction of sp³-hybridized carbons (Fsp3) is 1.00. The average Bonchev–Trinajstić information content (AvgIpc) is 2.59. The standard InChI is InChI=1S/C13H26/c1-7-8-11(4)13(6)9-12(13,5)10(2)3/h10-11H,7-9H2,1-6H3. The van der Waals surface area contributed by atoms with E-state index >= 15 is 0 Å². The van der Waals surface area contributed by atoms with E-state index in [-0.39, 0.29) is 0 Å². The van der Waals surface area contributed by atoms with Crippen LogP contribution in [0.5, 0.6) is 0 Å². The van der Waals surface area contributed by atoms with Crippen LogP contribution in [0.1, 0.15) is 60.8 Å². The monoisotopic (exact) mass is 182 g/mol. The van der Waals surface area contributed by atoms with Crippen LogP contribution in [0.25, 0.3) is 0 Å². The lowest BCUT2D eigenvalue weighted by atomic mass is 9.77. The van der Waals surface area contributed by atoms with Gasteiger partial charge >= 0.3 is 0 Å². The van der Waals surface area contributed by atoms with Crippen molar-refractivity contribution in [1.82, 2.24) is 0 Å². The van der Waals surface area contributed by atoms with Gasteiger partial charge in [-0.05, 0) is 29.1 Å². The Morgan fingerprint density at radius 1 is 1.08 bits per heavy atom. The minimum Gasteiger partial charge on any atom is -0.0654 e. The Morgan fingerprint density at radius 2 is 1.62 bits per heavy atom. The van der Waals surface area contributed by atoms with Gasteiger partial charge < -0.3 is 0 Å². The van der Waals surface area contributed by atoms with Crippen LogP contribution in [-0.2, 0) is 0 Å². The van der Waals surface area contributed by atoms with Crippen LogP contribution >= 0.6 is 0 Å². The average molecular weight is 182 g/mol. The first-order valence-electron chi connectivity index (χ1n) is 5.88. The summed E-state index contributed by atoms with van der Waals surface area (Å²) in [4.78, 5) is 0. The molecule has 0 nitrogen and oxygen atoms in total. The zero-order valence-corrected chi connectivity index (χ0v) is 10.3. The highest BCUT2D eigenvalue weighted by atomic mass is 14.7. The quantitative estimate of drug-likeness (QED) is 0.600. The molecule has 1 aliphatic carbocycles. The summed E-state index contributed by atoms with van der Waals surface area (Å²) in [6.07, 6.45) is 4.18. The predicted octanol–water partition coefficient (Wildman–Crippen LogP) is 4.49. The van der Waals surface area contributed by atoms with Crippen molar-refractivity contribution < 1.29 is 0 Å². The molecular formula is C13H26. The van der Waals surface area contributed by atoms with Gasteiger partial charge in [0, 0.05) is 0 Å². The number of hydrogen-bond acceptors (Lipinski definition) is 0. The SMILES string of the molecule is CCCC(C)C1(C)CC1(C)C(C)C. The summed E-state index contributed by atoms with van der Waals surface area (Å²) in [6.45, 7) is 14.5. The van der Waals surface area contributed by atoms with E-state index in [4.69, 9.17) is 0 Å². The molecule has 0 heteroatoms. The molecule has 0 spiro atoms. The summed E-state index contributed by atoms with van der Waals surface area (Å²) in [5, 5.41) is 0. The second-order valence-electron chi connectivity index (χ2n) is 5.86. The molecule has 0 aromatic heterocycles. The van der Waals surface area contributed by atoms with E-state index in [1.165, 1.54) is 19.3 Å². The smallest absolute Gasteiger partial charge is 0.0238 e. The molecule has 13 heavy (non-hydrogen) atoms.